The first-order valence-electron chi connectivity index (χ1n) is 17.8. The topological polar surface area (TPSA) is 86.6 Å². The summed E-state index contributed by atoms with van der Waals surface area (Å²) in [6.45, 7) is 16.5. The fourth-order valence-electron chi connectivity index (χ4n) is 7.31. The number of benzene rings is 2. The first-order chi connectivity index (χ1) is 25.4. The van der Waals surface area contributed by atoms with E-state index in [0.29, 0.717) is 43.4 Å². The minimum absolute atomic E-state index is 0.0226. The van der Waals surface area contributed by atoms with Gasteiger partial charge in [-0.1, -0.05) is 56.3 Å². The highest BCUT2D eigenvalue weighted by atomic mass is 35.5. The van der Waals surface area contributed by atoms with Crippen LogP contribution in [-0.2, 0) is 17.9 Å². The predicted molar refractivity (Wildman–Crippen MR) is 209 cm³/mol. The Morgan fingerprint density at radius 3 is 2.06 bits per heavy atom. The summed E-state index contributed by atoms with van der Waals surface area (Å²) >= 11 is 6.39. The first-order valence-corrected chi connectivity index (χ1v) is 18.2. The fraction of sp³-hybridized carbons (Fsp3) is 0.366. The van der Waals surface area contributed by atoms with Gasteiger partial charge in [0.1, 0.15) is 35.6 Å². The molecule has 6 rings (SSSR count). The van der Waals surface area contributed by atoms with E-state index in [2.05, 4.69) is 72.5 Å². The number of methoxy groups -OCH3 is 2. The number of rotatable bonds is 10. The molecule has 0 unspecified atom stereocenters. The van der Waals surface area contributed by atoms with Crippen LogP contribution >= 0.6 is 11.6 Å². The standard InChI is InChI=1S/C41H47ClFN7O3/c1-9-36(51)50-27(5)20-48(21-28(50)6)40-33-19-34(43)39(42)46-41(33)49(24-44-40)38-26(4)18-35(45-37(38)25(2)3)47(22-29-10-14-31(52-7)15-11-29)23-30-12-16-32(53-8)17-13-30/h9-19,25,27-28H,1,20-24H2,2-8H3/t27-,28+. The van der Waals surface area contributed by atoms with Gasteiger partial charge in [0.2, 0.25) is 5.91 Å². The predicted octanol–water partition coefficient (Wildman–Crippen LogP) is 7.89. The van der Waals surface area contributed by atoms with Crippen molar-refractivity contribution in [1.29, 1.82) is 0 Å². The lowest BCUT2D eigenvalue weighted by atomic mass is 10.0. The van der Waals surface area contributed by atoms with Gasteiger partial charge in [-0.05, 0) is 85.9 Å². The maximum absolute atomic E-state index is 15.2. The van der Waals surface area contributed by atoms with Gasteiger partial charge in [-0.25, -0.2) is 19.4 Å². The third kappa shape index (κ3) is 7.81. The molecular formula is C41H47ClFN7O3. The highest BCUT2D eigenvalue weighted by Gasteiger charge is 2.37. The van der Waals surface area contributed by atoms with Gasteiger partial charge in [0.15, 0.2) is 11.0 Å². The largest absolute Gasteiger partial charge is 0.497 e. The Labute approximate surface area is 316 Å². The lowest BCUT2D eigenvalue weighted by Crippen LogP contribution is -2.60. The summed E-state index contributed by atoms with van der Waals surface area (Å²) in [6, 6.07) is 19.4. The number of piperazine rings is 1. The SMILES string of the molecule is C=CC(=O)N1[C@H](C)CN(C2=NCN(c3c(C)cc(N(Cc4ccc(OC)cc4)Cc4ccc(OC)cc4)nc3C(C)C)c3nc(Cl)c(F)cc32)C[C@@H]1C. The van der Waals surface area contributed by atoms with Crippen molar-refractivity contribution in [2.45, 2.75) is 65.7 Å². The number of carbonyl (C=O) groups is 1. The molecule has 0 N–H and O–H groups in total. The molecule has 0 radical (unpaired) electrons. The molecule has 2 aromatic heterocycles. The molecule has 1 amide bonds. The third-order valence-electron chi connectivity index (χ3n) is 9.82. The molecule has 1 fully saturated rings. The monoisotopic (exact) mass is 739 g/mol. The Balaban J connectivity index is 1.40. The fourth-order valence-corrected chi connectivity index (χ4v) is 7.44. The number of carbonyl (C=O) groups excluding carboxylic acids is 1. The van der Waals surface area contributed by atoms with Crippen LogP contribution in [0.4, 0.5) is 21.7 Å². The van der Waals surface area contributed by atoms with Crippen LogP contribution in [0, 0.1) is 12.7 Å². The number of hydrogen-bond donors (Lipinski definition) is 0. The van der Waals surface area contributed by atoms with E-state index in [1.165, 1.54) is 12.1 Å². The van der Waals surface area contributed by atoms with Gasteiger partial charge in [-0.2, -0.15) is 0 Å². The normalized spacial score (nSPS) is 17.0. The van der Waals surface area contributed by atoms with Crippen LogP contribution in [0.3, 0.4) is 0 Å². The summed E-state index contributed by atoms with van der Waals surface area (Å²) in [7, 11) is 3.32. The van der Waals surface area contributed by atoms with Gasteiger partial charge in [-0.3, -0.25) is 4.79 Å². The van der Waals surface area contributed by atoms with Crippen LogP contribution in [-0.4, -0.2) is 77.6 Å². The van der Waals surface area contributed by atoms with Crippen LogP contribution < -0.4 is 19.3 Å². The van der Waals surface area contributed by atoms with E-state index in [9.17, 15) is 4.79 Å². The molecule has 4 heterocycles. The lowest BCUT2D eigenvalue weighted by Gasteiger charge is -2.46. The van der Waals surface area contributed by atoms with Crippen molar-refractivity contribution < 1.29 is 18.7 Å². The Bertz CT molecular complexity index is 1940. The molecular weight excluding hydrogens is 693 g/mol. The number of fused-ring (bicyclic) bond motifs is 1. The average molecular weight is 740 g/mol. The van der Waals surface area contributed by atoms with Crippen LogP contribution in [0.25, 0.3) is 0 Å². The molecule has 2 aliphatic rings. The van der Waals surface area contributed by atoms with Crippen molar-refractivity contribution in [3.8, 4) is 11.5 Å². The summed E-state index contributed by atoms with van der Waals surface area (Å²) < 4.78 is 26.0. The van der Waals surface area contributed by atoms with Crippen molar-refractivity contribution in [1.82, 2.24) is 19.8 Å². The first kappa shape index (κ1) is 37.6. The summed E-state index contributed by atoms with van der Waals surface area (Å²) in [5, 5.41) is -0.211. The third-order valence-corrected chi connectivity index (χ3v) is 10.1. The number of halogens is 2. The molecule has 10 nitrogen and oxygen atoms in total. The van der Waals surface area contributed by atoms with Crippen LogP contribution in [0.15, 0.2) is 78.3 Å². The molecule has 2 aromatic carbocycles. The van der Waals surface area contributed by atoms with E-state index in [0.717, 1.165) is 45.4 Å². The quantitative estimate of drug-likeness (QED) is 0.120. The summed E-state index contributed by atoms with van der Waals surface area (Å²) in [5.41, 5.74) is 5.46. The molecule has 2 atom stereocenters. The maximum Gasteiger partial charge on any atom is 0.246 e. The zero-order valence-electron chi connectivity index (χ0n) is 31.4. The molecule has 278 valence electrons. The lowest BCUT2D eigenvalue weighted by molar-refractivity contribution is -0.132. The highest BCUT2D eigenvalue weighted by molar-refractivity contribution is 6.30. The van der Waals surface area contributed by atoms with E-state index in [-0.39, 0.29) is 35.7 Å². The average Bonchev–Trinajstić information content (AvgIpc) is 3.14. The van der Waals surface area contributed by atoms with E-state index >= 15 is 4.39 Å². The second-order valence-corrected chi connectivity index (χ2v) is 14.3. The van der Waals surface area contributed by atoms with Gasteiger partial charge in [0.05, 0.1) is 31.2 Å². The van der Waals surface area contributed by atoms with E-state index in [1.54, 1.807) is 14.2 Å². The zero-order chi connectivity index (χ0) is 38.0. The molecule has 0 saturated carbocycles. The van der Waals surface area contributed by atoms with Crippen molar-refractivity contribution >= 4 is 40.7 Å². The Kier molecular flexibility index (Phi) is 11.2. The minimum atomic E-state index is -0.622. The van der Waals surface area contributed by atoms with Gasteiger partial charge < -0.3 is 29.1 Å². The maximum atomic E-state index is 15.2. The number of ether oxygens (including phenoxy) is 2. The van der Waals surface area contributed by atoms with Crippen LogP contribution in [0.1, 0.15) is 61.6 Å². The van der Waals surface area contributed by atoms with E-state index in [1.807, 2.05) is 47.9 Å². The molecule has 0 spiro atoms. The zero-order valence-corrected chi connectivity index (χ0v) is 32.2. The Morgan fingerprint density at radius 2 is 1.55 bits per heavy atom. The molecule has 1 saturated heterocycles. The van der Waals surface area contributed by atoms with E-state index < -0.39 is 5.82 Å². The number of amidine groups is 1. The number of hydrogen-bond acceptors (Lipinski definition) is 9. The van der Waals surface area contributed by atoms with Crippen molar-refractivity contribution in [3.05, 3.63) is 112 Å². The van der Waals surface area contributed by atoms with Gasteiger partial charge in [0.25, 0.3) is 0 Å². The number of aliphatic imine (C=N–C) groups is 1. The molecule has 2 aliphatic heterocycles. The number of aromatic nitrogens is 2. The summed E-state index contributed by atoms with van der Waals surface area (Å²) in [6.07, 6.45) is 1.35. The van der Waals surface area contributed by atoms with Crippen molar-refractivity contribution in [2.24, 2.45) is 4.99 Å². The minimum Gasteiger partial charge on any atom is -0.497 e. The Hall–Kier alpha value is -5.16. The van der Waals surface area contributed by atoms with Crippen molar-refractivity contribution in [2.75, 3.05) is 43.8 Å². The highest BCUT2D eigenvalue weighted by Crippen LogP contribution is 2.41. The number of pyridine rings is 2. The van der Waals surface area contributed by atoms with Gasteiger partial charge in [-0.15, -0.1) is 0 Å². The molecule has 0 aliphatic carbocycles. The van der Waals surface area contributed by atoms with Gasteiger partial charge >= 0.3 is 0 Å². The van der Waals surface area contributed by atoms with Crippen LogP contribution in [0.5, 0.6) is 11.5 Å². The molecule has 12 heteroatoms. The number of aryl methyl sites for hydroxylation is 1. The molecule has 0 bridgehead atoms. The molecule has 4 aromatic rings. The number of amides is 1. The second-order valence-electron chi connectivity index (χ2n) is 14.0. The van der Waals surface area contributed by atoms with Crippen LogP contribution in [0.2, 0.25) is 5.15 Å². The number of anilines is 3. The Morgan fingerprint density at radius 1 is 0.981 bits per heavy atom. The van der Waals surface area contributed by atoms with E-state index in [4.69, 9.17) is 31.1 Å². The van der Waals surface area contributed by atoms with Crippen molar-refractivity contribution in [3.63, 3.8) is 0 Å². The number of nitrogens with zero attached hydrogens (tertiary/aromatic N) is 7. The van der Waals surface area contributed by atoms with Gasteiger partial charge in [0, 0.05) is 38.3 Å². The smallest absolute Gasteiger partial charge is 0.246 e. The summed E-state index contributed by atoms with van der Waals surface area (Å²) in [4.78, 5) is 35.8. The summed E-state index contributed by atoms with van der Waals surface area (Å²) in [5.74, 6) is 2.85. The molecule has 53 heavy (non-hydrogen) atoms. The second kappa shape index (κ2) is 15.8.